The van der Waals surface area contributed by atoms with Crippen LogP contribution in [0, 0.1) is 13.8 Å². The smallest absolute Gasteiger partial charge is 0.127 e. The molecule has 1 aromatic heterocycles. The quantitative estimate of drug-likeness (QED) is 0.405. The Bertz CT molecular complexity index is 1060. The predicted molar refractivity (Wildman–Crippen MR) is 113 cm³/mol. The van der Waals surface area contributed by atoms with Crippen molar-refractivity contribution in [2.75, 3.05) is 0 Å². The minimum absolute atomic E-state index is 0.333. The van der Waals surface area contributed by atoms with Gasteiger partial charge in [-0.3, -0.25) is 0 Å². The summed E-state index contributed by atoms with van der Waals surface area (Å²) in [6, 6.07) is 22.9. The van der Waals surface area contributed by atoms with Crippen molar-refractivity contribution in [1.82, 2.24) is 4.98 Å². The fraction of sp³-hybridized carbons (Fsp3) is 0.200. The van der Waals surface area contributed by atoms with Crippen LogP contribution in [0.4, 0.5) is 0 Å². The van der Waals surface area contributed by atoms with Crippen LogP contribution in [0.1, 0.15) is 41.5 Å². The van der Waals surface area contributed by atoms with Gasteiger partial charge in [-0.2, -0.15) is 0 Å². The van der Waals surface area contributed by atoms with Crippen molar-refractivity contribution < 1.29 is 4.74 Å². The standard InChI is InChI=1S/C25H25NO/c1-4-22(24-16-26-25-18(3)13-17(2)14-23(24)25)19-9-8-12-21(15-19)27-20-10-6-5-7-11-20/h5-16,22,26H,4H2,1-3H3. The van der Waals surface area contributed by atoms with E-state index in [1.165, 1.54) is 33.2 Å². The Balaban J connectivity index is 1.72. The van der Waals surface area contributed by atoms with Gasteiger partial charge in [0.15, 0.2) is 0 Å². The van der Waals surface area contributed by atoms with Crippen molar-refractivity contribution in [3.8, 4) is 11.5 Å². The number of aryl methyl sites for hydroxylation is 2. The first-order valence-electron chi connectivity index (χ1n) is 9.57. The van der Waals surface area contributed by atoms with Gasteiger partial charge in [-0.25, -0.2) is 0 Å². The molecule has 0 saturated heterocycles. The van der Waals surface area contributed by atoms with Gasteiger partial charge in [0, 0.05) is 23.0 Å². The molecule has 2 heteroatoms. The summed E-state index contributed by atoms with van der Waals surface area (Å²) in [7, 11) is 0. The van der Waals surface area contributed by atoms with Crippen molar-refractivity contribution in [2.24, 2.45) is 0 Å². The molecular formula is C25H25NO. The lowest BCUT2D eigenvalue weighted by Crippen LogP contribution is -1.99. The van der Waals surface area contributed by atoms with E-state index < -0.39 is 0 Å². The number of ether oxygens (including phenoxy) is 1. The summed E-state index contributed by atoms with van der Waals surface area (Å²) in [4.78, 5) is 3.49. The van der Waals surface area contributed by atoms with Crippen LogP contribution in [-0.4, -0.2) is 4.98 Å². The van der Waals surface area contributed by atoms with E-state index in [1.54, 1.807) is 0 Å². The van der Waals surface area contributed by atoms with E-state index in [2.05, 4.69) is 62.3 Å². The molecule has 4 aromatic rings. The molecular weight excluding hydrogens is 330 g/mol. The summed E-state index contributed by atoms with van der Waals surface area (Å²) in [5.41, 5.74) is 6.48. The third-order valence-electron chi connectivity index (χ3n) is 5.19. The van der Waals surface area contributed by atoms with Crippen molar-refractivity contribution >= 4 is 10.9 Å². The van der Waals surface area contributed by atoms with Crippen LogP contribution in [-0.2, 0) is 0 Å². The maximum absolute atomic E-state index is 6.05. The van der Waals surface area contributed by atoms with E-state index in [1.807, 2.05) is 36.4 Å². The second kappa shape index (κ2) is 7.32. The fourth-order valence-electron chi connectivity index (χ4n) is 3.96. The highest BCUT2D eigenvalue weighted by molar-refractivity contribution is 5.87. The van der Waals surface area contributed by atoms with Gasteiger partial charge in [-0.1, -0.05) is 48.9 Å². The molecule has 2 nitrogen and oxygen atoms in total. The molecule has 0 bridgehead atoms. The number of aromatic nitrogens is 1. The van der Waals surface area contributed by atoms with Gasteiger partial charge in [0.1, 0.15) is 11.5 Å². The van der Waals surface area contributed by atoms with Gasteiger partial charge in [0.25, 0.3) is 0 Å². The molecule has 3 aromatic carbocycles. The monoisotopic (exact) mass is 355 g/mol. The maximum Gasteiger partial charge on any atom is 0.127 e. The zero-order chi connectivity index (χ0) is 18.8. The second-order valence-electron chi connectivity index (χ2n) is 7.20. The molecule has 0 aliphatic rings. The number of nitrogens with one attached hydrogen (secondary N) is 1. The number of benzene rings is 3. The van der Waals surface area contributed by atoms with E-state index in [0.717, 1.165) is 17.9 Å². The summed E-state index contributed by atoms with van der Waals surface area (Å²) in [6.07, 6.45) is 3.21. The molecule has 27 heavy (non-hydrogen) atoms. The first-order chi connectivity index (χ1) is 13.2. The Morgan fingerprint density at radius 3 is 2.44 bits per heavy atom. The number of H-pyrrole nitrogens is 1. The van der Waals surface area contributed by atoms with Crippen LogP contribution < -0.4 is 4.74 Å². The maximum atomic E-state index is 6.05. The van der Waals surface area contributed by atoms with Crippen LogP contribution in [0.2, 0.25) is 0 Å². The van der Waals surface area contributed by atoms with Crippen LogP contribution in [0.5, 0.6) is 11.5 Å². The molecule has 0 aliphatic carbocycles. The summed E-state index contributed by atoms with van der Waals surface area (Å²) >= 11 is 0. The van der Waals surface area contributed by atoms with Gasteiger partial charge in [0.05, 0.1) is 0 Å². The lowest BCUT2D eigenvalue weighted by molar-refractivity contribution is 0.481. The average Bonchev–Trinajstić information content (AvgIpc) is 3.08. The molecule has 0 radical (unpaired) electrons. The van der Waals surface area contributed by atoms with E-state index in [9.17, 15) is 0 Å². The normalized spacial score (nSPS) is 12.3. The highest BCUT2D eigenvalue weighted by Gasteiger charge is 2.18. The van der Waals surface area contributed by atoms with Gasteiger partial charge >= 0.3 is 0 Å². The molecule has 1 unspecified atom stereocenters. The number of hydrogen-bond donors (Lipinski definition) is 1. The Labute approximate surface area is 160 Å². The van der Waals surface area contributed by atoms with Crippen LogP contribution >= 0.6 is 0 Å². The molecule has 1 heterocycles. The summed E-state index contributed by atoms with van der Waals surface area (Å²) in [5, 5.41) is 1.33. The minimum atomic E-state index is 0.333. The number of fused-ring (bicyclic) bond motifs is 1. The molecule has 1 atom stereocenters. The van der Waals surface area contributed by atoms with Crippen LogP contribution in [0.3, 0.4) is 0 Å². The zero-order valence-electron chi connectivity index (χ0n) is 16.1. The van der Waals surface area contributed by atoms with Crippen LogP contribution in [0.15, 0.2) is 72.9 Å². The minimum Gasteiger partial charge on any atom is -0.457 e. The predicted octanol–water partition coefficient (Wildman–Crippen LogP) is 7.12. The third-order valence-corrected chi connectivity index (χ3v) is 5.19. The molecule has 0 spiro atoms. The first kappa shape index (κ1) is 17.4. The molecule has 0 aliphatic heterocycles. The number of hydrogen-bond acceptors (Lipinski definition) is 1. The van der Waals surface area contributed by atoms with E-state index in [0.29, 0.717) is 5.92 Å². The zero-order valence-corrected chi connectivity index (χ0v) is 16.1. The van der Waals surface area contributed by atoms with Gasteiger partial charge in [-0.05, 0) is 67.3 Å². The Kier molecular flexibility index (Phi) is 4.72. The van der Waals surface area contributed by atoms with Gasteiger partial charge < -0.3 is 9.72 Å². The molecule has 0 amide bonds. The Hall–Kier alpha value is -3.00. The van der Waals surface area contributed by atoms with E-state index >= 15 is 0 Å². The summed E-state index contributed by atoms with van der Waals surface area (Å²) in [5.74, 6) is 2.07. The second-order valence-corrected chi connectivity index (χ2v) is 7.20. The van der Waals surface area contributed by atoms with Crippen molar-refractivity contribution in [2.45, 2.75) is 33.1 Å². The fourth-order valence-corrected chi connectivity index (χ4v) is 3.96. The Morgan fingerprint density at radius 1 is 0.889 bits per heavy atom. The molecule has 4 rings (SSSR count). The SMILES string of the molecule is CCC(c1cccc(Oc2ccccc2)c1)c1c[nH]c2c(C)cc(C)cc12. The van der Waals surface area contributed by atoms with Crippen LogP contribution in [0.25, 0.3) is 10.9 Å². The van der Waals surface area contributed by atoms with Gasteiger partial charge in [-0.15, -0.1) is 0 Å². The highest BCUT2D eigenvalue weighted by Crippen LogP contribution is 2.36. The molecule has 0 fully saturated rings. The number of rotatable bonds is 5. The van der Waals surface area contributed by atoms with Crippen molar-refractivity contribution in [1.29, 1.82) is 0 Å². The van der Waals surface area contributed by atoms with E-state index in [4.69, 9.17) is 4.74 Å². The lowest BCUT2D eigenvalue weighted by Gasteiger charge is -2.17. The third kappa shape index (κ3) is 3.48. The topological polar surface area (TPSA) is 25.0 Å². The summed E-state index contributed by atoms with van der Waals surface area (Å²) < 4.78 is 6.05. The van der Waals surface area contributed by atoms with Gasteiger partial charge in [0.2, 0.25) is 0 Å². The Morgan fingerprint density at radius 2 is 1.67 bits per heavy atom. The number of para-hydroxylation sites is 1. The molecule has 136 valence electrons. The summed E-state index contributed by atoms with van der Waals surface area (Å²) in [6.45, 7) is 6.58. The number of aromatic amines is 1. The average molecular weight is 355 g/mol. The van der Waals surface area contributed by atoms with Crippen molar-refractivity contribution in [3.63, 3.8) is 0 Å². The largest absolute Gasteiger partial charge is 0.457 e. The molecule has 1 N–H and O–H groups in total. The van der Waals surface area contributed by atoms with E-state index in [-0.39, 0.29) is 0 Å². The lowest BCUT2D eigenvalue weighted by atomic mass is 9.88. The van der Waals surface area contributed by atoms with Crippen molar-refractivity contribution in [3.05, 3.63) is 95.2 Å². The highest BCUT2D eigenvalue weighted by atomic mass is 16.5. The molecule has 0 saturated carbocycles. The first-order valence-corrected chi connectivity index (χ1v) is 9.57.